The second-order valence-electron chi connectivity index (χ2n) is 4.94. The SMILES string of the molecule is C[SH](C)CN1CCN(C(=O)C2CC2)CC1. The zero-order valence-electron chi connectivity index (χ0n) is 9.78. The zero-order chi connectivity index (χ0) is 10.8. The van der Waals surface area contributed by atoms with Crippen LogP contribution in [0.2, 0.25) is 0 Å². The Hall–Kier alpha value is -0.220. The van der Waals surface area contributed by atoms with Gasteiger partial charge in [-0.25, -0.2) is 10.9 Å². The van der Waals surface area contributed by atoms with Crippen molar-refractivity contribution in [1.82, 2.24) is 9.80 Å². The van der Waals surface area contributed by atoms with Gasteiger partial charge < -0.3 is 4.90 Å². The van der Waals surface area contributed by atoms with Crippen molar-refractivity contribution in [1.29, 1.82) is 0 Å². The number of nitrogens with zero attached hydrogens (tertiary/aromatic N) is 2. The average molecular weight is 230 g/mol. The van der Waals surface area contributed by atoms with Crippen molar-refractivity contribution < 1.29 is 4.79 Å². The fourth-order valence-electron chi connectivity index (χ4n) is 2.10. The fraction of sp³-hybridized carbons (Fsp3) is 0.909. The summed E-state index contributed by atoms with van der Waals surface area (Å²) in [5.41, 5.74) is 0. The van der Waals surface area contributed by atoms with Crippen LogP contribution < -0.4 is 0 Å². The molecule has 2 fully saturated rings. The molecule has 1 saturated carbocycles. The number of thiol groups is 1. The Morgan fingerprint density at radius 3 is 2.27 bits per heavy atom. The first-order valence-corrected chi connectivity index (χ1v) is 8.25. The molecule has 0 N–H and O–H groups in total. The first kappa shape index (κ1) is 11.3. The first-order chi connectivity index (χ1) is 7.16. The number of hydrogen-bond acceptors (Lipinski definition) is 2. The van der Waals surface area contributed by atoms with Crippen molar-refractivity contribution in [3.63, 3.8) is 0 Å². The number of piperazine rings is 1. The minimum absolute atomic E-state index is 0.169. The van der Waals surface area contributed by atoms with Crippen LogP contribution in [-0.2, 0) is 4.79 Å². The summed E-state index contributed by atoms with van der Waals surface area (Å²) < 4.78 is 0. The molecule has 88 valence electrons. The van der Waals surface area contributed by atoms with Gasteiger partial charge in [-0.1, -0.05) is 0 Å². The molecule has 4 heteroatoms. The third-order valence-corrected chi connectivity index (χ3v) is 4.06. The van der Waals surface area contributed by atoms with Gasteiger partial charge in [-0.15, -0.1) is 0 Å². The van der Waals surface area contributed by atoms with Crippen molar-refractivity contribution in [2.45, 2.75) is 12.8 Å². The molecule has 0 bridgehead atoms. The van der Waals surface area contributed by atoms with Gasteiger partial charge in [0.1, 0.15) is 0 Å². The van der Waals surface area contributed by atoms with E-state index in [4.69, 9.17) is 0 Å². The van der Waals surface area contributed by atoms with Crippen molar-refractivity contribution in [2.24, 2.45) is 5.92 Å². The van der Waals surface area contributed by atoms with E-state index in [-0.39, 0.29) is 10.9 Å². The summed E-state index contributed by atoms with van der Waals surface area (Å²) in [6.45, 7) is 4.08. The largest absolute Gasteiger partial charge is 0.340 e. The summed E-state index contributed by atoms with van der Waals surface area (Å²) in [7, 11) is 0.169. The van der Waals surface area contributed by atoms with Crippen molar-refractivity contribution >= 4 is 16.8 Å². The summed E-state index contributed by atoms with van der Waals surface area (Å²) in [6, 6.07) is 0. The quantitative estimate of drug-likeness (QED) is 0.724. The van der Waals surface area contributed by atoms with Gasteiger partial charge in [-0.05, 0) is 25.4 Å². The lowest BCUT2D eigenvalue weighted by molar-refractivity contribution is -0.134. The fourth-order valence-corrected chi connectivity index (χ4v) is 3.18. The Balaban J connectivity index is 1.73. The van der Waals surface area contributed by atoms with Crippen LogP contribution in [0.5, 0.6) is 0 Å². The molecule has 0 atom stereocenters. The molecule has 0 aromatic rings. The summed E-state index contributed by atoms with van der Waals surface area (Å²) in [5, 5.41) is 0. The van der Waals surface area contributed by atoms with Crippen molar-refractivity contribution in [3.8, 4) is 0 Å². The molecule has 1 aliphatic carbocycles. The van der Waals surface area contributed by atoms with Crippen LogP contribution in [0.3, 0.4) is 0 Å². The van der Waals surface area contributed by atoms with Gasteiger partial charge in [-0.3, -0.25) is 9.69 Å². The zero-order valence-corrected chi connectivity index (χ0v) is 10.7. The van der Waals surface area contributed by atoms with Crippen molar-refractivity contribution in [2.75, 3.05) is 44.6 Å². The Kier molecular flexibility index (Phi) is 3.57. The van der Waals surface area contributed by atoms with Crippen LogP contribution in [0.25, 0.3) is 0 Å². The molecule has 2 rings (SSSR count). The maximum absolute atomic E-state index is 11.8. The normalized spacial score (nSPS) is 24.1. The molecule has 1 heterocycles. The molecule has 15 heavy (non-hydrogen) atoms. The molecular formula is C11H22N2OS. The third-order valence-electron chi connectivity index (χ3n) is 3.09. The maximum atomic E-state index is 11.8. The molecule has 3 nitrogen and oxygen atoms in total. The highest BCUT2D eigenvalue weighted by atomic mass is 32.2. The second-order valence-corrected chi connectivity index (χ2v) is 7.38. The lowest BCUT2D eigenvalue weighted by Crippen LogP contribution is -2.49. The topological polar surface area (TPSA) is 23.6 Å². The Morgan fingerprint density at radius 2 is 1.80 bits per heavy atom. The Bertz CT molecular complexity index is 233. The highest BCUT2D eigenvalue weighted by Crippen LogP contribution is 2.31. The van der Waals surface area contributed by atoms with E-state index in [0.717, 1.165) is 39.0 Å². The van der Waals surface area contributed by atoms with E-state index in [0.29, 0.717) is 11.8 Å². The van der Waals surface area contributed by atoms with E-state index in [9.17, 15) is 4.79 Å². The van der Waals surface area contributed by atoms with E-state index in [1.807, 2.05) is 0 Å². The molecule has 1 aliphatic heterocycles. The van der Waals surface area contributed by atoms with E-state index in [1.54, 1.807) is 0 Å². The lowest BCUT2D eigenvalue weighted by Gasteiger charge is -2.36. The van der Waals surface area contributed by atoms with Crippen molar-refractivity contribution in [3.05, 3.63) is 0 Å². The smallest absolute Gasteiger partial charge is 0.225 e. The maximum Gasteiger partial charge on any atom is 0.225 e. The van der Waals surface area contributed by atoms with E-state index in [1.165, 1.54) is 5.88 Å². The van der Waals surface area contributed by atoms with Crippen LogP contribution in [0.1, 0.15) is 12.8 Å². The lowest BCUT2D eigenvalue weighted by atomic mass is 10.3. The van der Waals surface area contributed by atoms with Gasteiger partial charge in [-0.2, -0.15) is 0 Å². The summed E-state index contributed by atoms with van der Waals surface area (Å²) in [4.78, 5) is 16.4. The molecule has 0 aromatic heterocycles. The van der Waals surface area contributed by atoms with E-state index >= 15 is 0 Å². The summed E-state index contributed by atoms with van der Waals surface area (Å²) in [5.74, 6) is 2.05. The molecule has 0 radical (unpaired) electrons. The number of carbonyl (C=O) groups is 1. The highest BCUT2D eigenvalue weighted by molar-refractivity contribution is 8.15. The van der Waals surface area contributed by atoms with Gasteiger partial charge in [0, 0.05) is 38.0 Å². The predicted octanol–water partition coefficient (Wildman–Crippen LogP) is 0.759. The minimum Gasteiger partial charge on any atom is -0.340 e. The second kappa shape index (κ2) is 4.74. The molecule has 2 aliphatic rings. The molecule has 0 unspecified atom stereocenters. The molecule has 1 amide bonds. The molecular weight excluding hydrogens is 208 g/mol. The average Bonchev–Trinajstić information content (AvgIpc) is 3.00. The number of amides is 1. The number of carbonyl (C=O) groups excluding carboxylic acids is 1. The van der Waals surface area contributed by atoms with Gasteiger partial charge >= 0.3 is 0 Å². The Morgan fingerprint density at radius 1 is 1.20 bits per heavy atom. The predicted molar refractivity (Wildman–Crippen MR) is 66.6 cm³/mol. The summed E-state index contributed by atoms with van der Waals surface area (Å²) in [6.07, 6.45) is 6.90. The monoisotopic (exact) mass is 230 g/mol. The van der Waals surface area contributed by atoms with Crippen LogP contribution in [-0.4, -0.2) is 60.3 Å². The van der Waals surface area contributed by atoms with Gasteiger partial charge in [0.15, 0.2) is 0 Å². The Labute approximate surface area is 95.1 Å². The van der Waals surface area contributed by atoms with Crippen LogP contribution in [0, 0.1) is 5.92 Å². The minimum atomic E-state index is 0.169. The highest BCUT2D eigenvalue weighted by Gasteiger charge is 2.34. The number of rotatable bonds is 3. The third kappa shape index (κ3) is 3.11. The van der Waals surface area contributed by atoms with Gasteiger partial charge in [0.2, 0.25) is 5.91 Å². The first-order valence-electron chi connectivity index (χ1n) is 5.82. The van der Waals surface area contributed by atoms with Crippen LogP contribution in [0.15, 0.2) is 0 Å². The molecule has 1 saturated heterocycles. The van der Waals surface area contributed by atoms with Gasteiger partial charge in [0.25, 0.3) is 0 Å². The van der Waals surface area contributed by atoms with Crippen LogP contribution in [0.4, 0.5) is 0 Å². The van der Waals surface area contributed by atoms with Crippen LogP contribution >= 0.6 is 10.9 Å². The molecule has 0 spiro atoms. The van der Waals surface area contributed by atoms with E-state index in [2.05, 4.69) is 22.3 Å². The van der Waals surface area contributed by atoms with E-state index < -0.39 is 0 Å². The number of hydrogen-bond donors (Lipinski definition) is 1. The van der Waals surface area contributed by atoms with Gasteiger partial charge in [0.05, 0.1) is 0 Å². The summed E-state index contributed by atoms with van der Waals surface area (Å²) >= 11 is 0. The molecule has 0 aromatic carbocycles. The standard InChI is InChI=1S/C11H22N2OS/c1-15(2)9-12-5-7-13(8-6-12)11(14)10-3-4-10/h10,15H,3-9H2,1-2H3.